The number of morpholine rings is 1. The molecule has 0 spiro atoms. The van der Waals surface area contributed by atoms with Crippen LogP contribution in [0.3, 0.4) is 0 Å². The first kappa shape index (κ1) is 20.0. The van der Waals surface area contributed by atoms with Gasteiger partial charge in [-0.3, -0.25) is 4.79 Å². The zero-order chi connectivity index (χ0) is 20.2. The van der Waals surface area contributed by atoms with Crippen LogP contribution in [0.1, 0.15) is 56.3 Å². The number of amides is 1. The van der Waals surface area contributed by atoms with Crippen molar-refractivity contribution in [2.45, 2.75) is 70.2 Å². The van der Waals surface area contributed by atoms with Gasteiger partial charge in [0.25, 0.3) is 5.91 Å². The molecule has 1 amide bonds. The van der Waals surface area contributed by atoms with Crippen molar-refractivity contribution >= 4 is 5.91 Å². The molecule has 0 unspecified atom stereocenters. The van der Waals surface area contributed by atoms with E-state index >= 15 is 0 Å². The molecule has 1 aliphatic carbocycles. The second-order valence-electron chi connectivity index (χ2n) is 8.31. The summed E-state index contributed by atoms with van der Waals surface area (Å²) in [6.07, 6.45) is 10.5. The number of ether oxygens (including phenoxy) is 2. The molecule has 2 heterocycles. The number of nitrogens with zero attached hydrogens (tertiary/aromatic N) is 3. The monoisotopic (exact) mass is 397 g/mol. The lowest BCUT2D eigenvalue weighted by Gasteiger charge is -2.36. The van der Waals surface area contributed by atoms with E-state index in [-0.39, 0.29) is 12.0 Å². The third kappa shape index (κ3) is 4.81. The summed E-state index contributed by atoms with van der Waals surface area (Å²) in [5, 5.41) is 0. The molecule has 0 bridgehead atoms. The molecule has 1 saturated heterocycles. The summed E-state index contributed by atoms with van der Waals surface area (Å²) < 4.78 is 13.5. The molecule has 2 atom stereocenters. The first-order valence-electron chi connectivity index (χ1n) is 10.7. The van der Waals surface area contributed by atoms with E-state index in [1.807, 2.05) is 42.4 Å². The van der Waals surface area contributed by atoms with E-state index in [1.54, 1.807) is 7.11 Å². The van der Waals surface area contributed by atoms with Crippen molar-refractivity contribution < 1.29 is 14.3 Å². The Labute approximate surface area is 172 Å². The van der Waals surface area contributed by atoms with Crippen LogP contribution < -0.4 is 4.74 Å². The Bertz CT molecular complexity index is 811. The second kappa shape index (κ2) is 8.99. The van der Waals surface area contributed by atoms with E-state index in [2.05, 4.69) is 15.7 Å². The minimum absolute atomic E-state index is 0.0105. The standard InChI is InChI=1S/C23H31N3O3/c1-17-13-25(14-18-8-10-21(28-2)11-9-18)23(27)22(29-17)12-19-15-26(16-24-19)20-6-4-3-5-7-20/h8-11,15-17,20,22H,3-7,12-14H2,1-2H3/t17-,22+/m0/s1. The van der Waals surface area contributed by atoms with Gasteiger partial charge in [0.05, 0.1) is 25.2 Å². The van der Waals surface area contributed by atoms with Crippen LogP contribution in [-0.2, 0) is 22.5 Å². The number of rotatable bonds is 6. The van der Waals surface area contributed by atoms with Crippen molar-refractivity contribution in [2.24, 2.45) is 0 Å². The van der Waals surface area contributed by atoms with Crippen molar-refractivity contribution in [3.8, 4) is 5.75 Å². The number of imidazole rings is 1. The third-order valence-electron chi connectivity index (χ3n) is 6.04. The highest BCUT2D eigenvalue weighted by molar-refractivity contribution is 5.82. The minimum atomic E-state index is -0.466. The molecule has 0 radical (unpaired) electrons. The molecular formula is C23H31N3O3. The maximum atomic E-state index is 13.1. The van der Waals surface area contributed by atoms with Gasteiger partial charge in [-0.1, -0.05) is 31.4 Å². The molecule has 6 nitrogen and oxygen atoms in total. The summed E-state index contributed by atoms with van der Waals surface area (Å²) in [6.45, 7) is 3.22. The first-order valence-corrected chi connectivity index (χ1v) is 10.7. The van der Waals surface area contributed by atoms with Gasteiger partial charge in [-0.05, 0) is 37.5 Å². The molecule has 6 heteroatoms. The molecule has 2 aliphatic rings. The van der Waals surface area contributed by atoms with Gasteiger partial charge in [0.2, 0.25) is 0 Å². The van der Waals surface area contributed by atoms with Gasteiger partial charge < -0.3 is 18.9 Å². The van der Waals surface area contributed by atoms with Gasteiger partial charge in [-0.2, -0.15) is 0 Å². The number of carbonyl (C=O) groups excluding carboxylic acids is 1. The van der Waals surface area contributed by atoms with Gasteiger partial charge in [0.15, 0.2) is 0 Å². The summed E-state index contributed by atoms with van der Waals surface area (Å²) in [5.74, 6) is 0.869. The Morgan fingerprint density at radius 2 is 1.93 bits per heavy atom. The minimum Gasteiger partial charge on any atom is -0.497 e. The fourth-order valence-electron chi connectivity index (χ4n) is 4.47. The normalized spacial score (nSPS) is 23.4. The maximum Gasteiger partial charge on any atom is 0.252 e. The quantitative estimate of drug-likeness (QED) is 0.745. The highest BCUT2D eigenvalue weighted by Crippen LogP contribution is 2.28. The van der Waals surface area contributed by atoms with Crippen molar-refractivity contribution in [1.29, 1.82) is 0 Å². The van der Waals surface area contributed by atoms with Crippen molar-refractivity contribution in [3.05, 3.63) is 48.0 Å². The number of benzene rings is 1. The zero-order valence-corrected chi connectivity index (χ0v) is 17.4. The molecule has 156 valence electrons. The number of carbonyl (C=O) groups is 1. The molecule has 1 aromatic heterocycles. The predicted molar refractivity (Wildman–Crippen MR) is 111 cm³/mol. The van der Waals surface area contributed by atoms with Crippen molar-refractivity contribution in [2.75, 3.05) is 13.7 Å². The third-order valence-corrected chi connectivity index (χ3v) is 6.04. The lowest BCUT2D eigenvalue weighted by molar-refractivity contribution is -0.161. The molecule has 29 heavy (non-hydrogen) atoms. The highest BCUT2D eigenvalue weighted by Gasteiger charge is 2.34. The highest BCUT2D eigenvalue weighted by atomic mass is 16.5. The average Bonchev–Trinajstić information content (AvgIpc) is 3.21. The molecule has 2 aromatic rings. The van der Waals surface area contributed by atoms with Crippen LogP contribution in [-0.4, -0.2) is 46.2 Å². The van der Waals surface area contributed by atoms with Crippen molar-refractivity contribution in [3.63, 3.8) is 0 Å². The SMILES string of the molecule is COc1ccc(CN2C[C@H](C)O[C@H](Cc3cn(C4CCCCC4)cn3)C2=O)cc1. The summed E-state index contributed by atoms with van der Waals surface area (Å²) in [6, 6.07) is 8.43. The summed E-state index contributed by atoms with van der Waals surface area (Å²) in [7, 11) is 1.66. The number of hydrogen-bond acceptors (Lipinski definition) is 4. The van der Waals surface area contributed by atoms with Gasteiger partial charge in [-0.25, -0.2) is 4.98 Å². The van der Waals surface area contributed by atoms with E-state index in [0.29, 0.717) is 25.6 Å². The fourth-order valence-corrected chi connectivity index (χ4v) is 4.47. The summed E-state index contributed by atoms with van der Waals surface area (Å²) in [5.41, 5.74) is 2.03. The smallest absolute Gasteiger partial charge is 0.252 e. The fraction of sp³-hybridized carbons (Fsp3) is 0.565. The Hall–Kier alpha value is -2.34. The molecule has 1 saturated carbocycles. The first-order chi connectivity index (χ1) is 14.1. The van der Waals surface area contributed by atoms with Crippen LogP contribution in [0.5, 0.6) is 5.75 Å². The summed E-state index contributed by atoms with van der Waals surface area (Å²) in [4.78, 5) is 19.5. The van der Waals surface area contributed by atoms with Crippen LogP contribution >= 0.6 is 0 Å². The van der Waals surface area contributed by atoms with E-state index in [0.717, 1.165) is 17.0 Å². The lowest BCUT2D eigenvalue weighted by atomic mass is 9.95. The molecule has 4 rings (SSSR count). The molecule has 1 aromatic carbocycles. The Morgan fingerprint density at radius 3 is 2.66 bits per heavy atom. The zero-order valence-electron chi connectivity index (χ0n) is 17.4. The lowest BCUT2D eigenvalue weighted by Crippen LogP contribution is -2.51. The largest absolute Gasteiger partial charge is 0.497 e. The van der Waals surface area contributed by atoms with E-state index in [1.165, 1.54) is 32.1 Å². The Morgan fingerprint density at radius 1 is 1.17 bits per heavy atom. The predicted octanol–water partition coefficient (Wildman–Crippen LogP) is 3.76. The Kier molecular flexibility index (Phi) is 6.19. The second-order valence-corrected chi connectivity index (χ2v) is 8.31. The van der Waals surface area contributed by atoms with E-state index in [4.69, 9.17) is 9.47 Å². The van der Waals surface area contributed by atoms with E-state index in [9.17, 15) is 4.79 Å². The van der Waals surface area contributed by atoms with Crippen LogP contribution in [0.2, 0.25) is 0 Å². The van der Waals surface area contributed by atoms with Gasteiger partial charge in [-0.15, -0.1) is 0 Å². The number of methoxy groups -OCH3 is 1. The van der Waals surface area contributed by atoms with Crippen LogP contribution in [0.4, 0.5) is 0 Å². The summed E-state index contributed by atoms with van der Waals surface area (Å²) >= 11 is 0. The van der Waals surface area contributed by atoms with Crippen molar-refractivity contribution in [1.82, 2.24) is 14.5 Å². The van der Waals surface area contributed by atoms with Crippen LogP contribution in [0.15, 0.2) is 36.8 Å². The van der Waals surface area contributed by atoms with Gasteiger partial charge in [0, 0.05) is 31.7 Å². The average molecular weight is 398 g/mol. The number of aromatic nitrogens is 2. The molecule has 2 fully saturated rings. The maximum absolute atomic E-state index is 13.1. The van der Waals surface area contributed by atoms with Gasteiger partial charge in [0.1, 0.15) is 11.9 Å². The molecule has 0 N–H and O–H groups in total. The van der Waals surface area contributed by atoms with E-state index < -0.39 is 6.10 Å². The topological polar surface area (TPSA) is 56.6 Å². The van der Waals surface area contributed by atoms with Crippen LogP contribution in [0, 0.1) is 0 Å². The molecule has 1 aliphatic heterocycles. The van der Waals surface area contributed by atoms with Crippen LogP contribution in [0.25, 0.3) is 0 Å². The van der Waals surface area contributed by atoms with Gasteiger partial charge >= 0.3 is 0 Å². The molecular weight excluding hydrogens is 366 g/mol. The number of hydrogen-bond donors (Lipinski definition) is 0. The Balaban J connectivity index is 1.40.